The Bertz CT molecular complexity index is 307. The summed E-state index contributed by atoms with van der Waals surface area (Å²) in [6, 6.07) is 0. The highest BCUT2D eigenvalue weighted by Gasteiger charge is 2.15. The SMILES string of the molecule is CCCCN(C)CCNC(=NC)NCCCOCC1CCOC1. The summed E-state index contributed by atoms with van der Waals surface area (Å²) < 4.78 is 11.0. The molecule has 0 aliphatic carbocycles. The molecule has 1 saturated heterocycles. The van der Waals surface area contributed by atoms with Crippen LogP contribution in [-0.2, 0) is 9.47 Å². The number of hydrogen-bond acceptors (Lipinski definition) is 4. The number of ether oxygens (including phenoxy) is 2. The molecular weight excluding hydrogens is 292 g/mol. The van der Waals surface area contributed by atoms with Gasteiger partial charge in [-0.2, -0.15) is 0 Å². The fraction of sp³-hybridized carbons (Fsp3) is 0.941. The summed E-state index contributed by atoms with van der Waals surface area (Å²) in [5, 5.41) is 6.68. The van der Waals surface area contributed by atoms with Gasteiger partial charge in [0, 0.05) is 45.8 Å². The summed E-state index contributed by atoms with van der Waals surface area (Å²) in [5.41, 5.74) is 0. The second-order valence-corrected chi connectivity index (χ2v) is 6.24. The number of nitrogens with zero attached hydrogens (tertiary/aromatic N) is 2. The first-order chi connectivity index (χ1) is 11.3. The number of hydrogen-bond donors (Lipinski definition) is 2. The molecule has 1 fully saturated rings. The predicted octanol–water partition coefficient (Wildman–Crippen LogP) is 1.33. The topological polar surface area (TPSA) is 58.1 Å². The number of guanidine groups is 1. The third-order valence-electron chi connectivity index (χ3n) is 4.04. The molecule has 1 rings (SSSR count). The van der Waals surface area contributed by atoms with E-state index in [-0.39, 0.29) is 0 Å². The van der Waals surface area contributed by atoms with Gasteiger partial charge in [-0.3, -0.25) is 4.99 Å². The van der Waals surface area contributed by atoms with Crippen molar-refractivity contribution in [3.05, 3.63) is 0 Å². The maximum Gasteiger partial charge on any atom is 0.191 e. The Hall–Kier alpha value is -0.850. The van der Waals surface area contributed by atoms with E-state index in [1.54, 1.807) is 0 Å². The average molecular weight is 329 g/mol. The molecule has 136 valence electrons. The quantitative estimate of drug-likeness (QED) is 0.321. The molecule has 0 aromatic heterocycles. The molecule has 1 aliphatic rings. The van der Waals surface area contributed by atoms with Crippen molar-refractivity contribution >= 4 is 5.96 Å². The summed E-state index contributed by atoms with van der Waals surface area (Å²) in [6.07, 6.45) is 4.64. The summed E-state index contributed by atoms with van der Waals surface area (Å²) >= 11 is 0. The zero-order valence-corrected chi connectivity index (χ0v) is 15.3. The Morgan fingerprint density at radius 1 is 1.26 bits per heavy atom. The summed E-state index contributed by atoms with van der Waals surface area (Å²) in [7, 11) is 3.98. The molecule has 0 bridgehead atoms. The summed E-state index contributed by atoms with van der Waals surface area (Å²) in [4.78, 5) is 6.60. The van der Waals surface area contributed by atoms with Crippen molar-refractivity contribution in [3.63, 3.8) is 0 Å². The zero-order chi connectivity index (χ0) is 16.8. The minimum Gasteiger partial charge on any atom is -0.381 e. The third kappa shape index (κ3) is 10.5. The van der Waals surface area contributed by atoms with Crippen LogP contribution in [0.2, 0.25) is 0 Å². The van der Waals surface area contributed by atoms with Crippen molar-refractivity contribution < 1.29 is 9.47 Å². The molecule has 2 N–H and O–H groups in total. The van der Waals surface area contributed by atoms with Crippen molar-refractivity contribution in [2.45, 2.75) is 32.6 Å². The van der Waals surface area contributed by atoms with Gasteiger partial charge in [0.15, 0.2) is 5.96 Å². The first kappa shape index (κ1) is 20.2. The molecule has 0 aromatic rings. The van der Waals surface area contributed by atoms with Crippen LogP contribution in [0.25, 0.3) is 0 Å². The molecule has 1 heterocycles. The number of unbranched alkanes of at least 4 members (excludes halogenated alkanes) is 1. The Kier molecular flexibility index (Phi) is 11.9. The van der Waals surface area contributed by atoms with Crippen LogP contribution in [-0.4, -0.2) is 77.6 Å². The van der Waals surface area contributed by atoms with Crippen molar-refractivity contribution in [2.75, 3.05) is 66.7 Å². The van der Waals surface area contributed by atoms with Gasteiger partial charge in [0.25, 0.3) is 0 Å². The molecule has 0 spiro atoms. The van der Waals surface area contributed by atoms with E-state index in [1.807, 2.05) is 7.05 Å². The third-order valence-corrected chi connectivity index (χ3v) is 4.04. The number of likely N-dealkylation sites (N-methyl/N-ethyl adjacent to an activating group) is 1. The van der Waals surface area contributed by atoms with Gasteiger partial charge in [-0.05, 0) is 32.9 Å². The first-order valence-electron chi connectivity index (χ1n) is 9.04. The molecule has 6 nitrogen and oxygen atoms in total. The van der Waals surface area contributed by atoms with E-state index < -0.39 is 0 Å². The molecule has 23 heavy (non-hydrogen) atoms. The van der Waals surface area contributed by atoms with E-state index in [0.717, 1.165) is 71.4 Å². The number of rotatable bonds is 12. The Morgan fingerprint density at radius 2 is 2.09 bits per heavy atom. The van der Waals surface area contributed by atoms with Gasteiger partial charge in [-0.25, -0.2) is 0 Å². The van der Waals surface area contributed by atoms with E-state index in [2.05, 4.69) is 34.5 Å². The van der Waals surface area contributed by atoms with E-state index in [0.29, 0.717) is 5.92 Å². The molecule has 1 aliphatic heterocycles. The minimum absolute atomic E-state index is 0.599. The maximum absolute atomic E-state index is 5.70. The molecule has 0 amide bonds. The lowest BCUT2D eigenvalue weighted by Crippen LogP contribution is -2.41. The average Bonchev–Trinajstić information content (AvgIpc) is 3.07. The van der Waals surface area contributed by atoms with E-state index in [4.69, 9.17) is 9.47 Å². The lowest BCUT2D eigenvalue weighted by Gasteiger charge is -2.18. The van der Waals surface area contributed by atoms with Crippen LogP contribution in [0, 0.1) is 5.92 Å². The van der Waals surface area contributed by atoms with Crippen LogP contribution in [0.4, 0.5) is 0 Å². The second-order valence-electron chi connectivity index (χ2n) is 6.24. The van der Waals surface area contributed by atoms with Crippen LogP contribution in [0.15, 0.2) is 4.99 Å². The van der Waals surface area contributed by atoms with Gasteiger partial charge >= 0.3 is 0 Å². The van der Waals surface area contributed by atoms with Crippen LogP contribution in [0.5, 0.6) is 0 Å². The minimum atomic E-state index is 0.599. The molecule has 6 heteroatoms. The molecule has 0 aromatic carbocycles. The molecule has 0 saturated carbocycles. The number of aliphatic imine (C=N–C) groups is 1. The Labute approximate surface area is 142 Å². The molecule has 0 radical (unpaired) electrons. The number of nitrogens with one attached hydrogen (secondary N) is 2. The van der Waals surface area contributed by atoms with E-state index >= 15 is 0 Å². The van der Waals surface area contributed by atoms with Gasteiger partial charge in [0.2, 0.25) is 0 Å². The normalized spacial score (nSPS) is 18.6. The van der Waals surface area contributed by atoms with Crippen LogP contribution in [0.1, 0.15) is 32.6 Å². The van der Waals surface area contributed by atoms with Crippen LogP contribution < -0.4 is 10.6 Å². The fourth-order valence-electron chi connectivity index (χ4n) is 2.47. The van der Waals surface area contributed by atoms with Crippen molar-refractivity contribution in [3.8, 4) is 0 Å². The Morgan fingerprint density at radius 3 is 2.78 bits per heavy atom. The Balaban J connectivity index is 1.94. The lowest BCUT2D eigenvalue weighted by molar-refractivity contribution is 0.0888. The van der Waals surface area contributed by atoms with Gasteiger partial charge in [0.05, 0.1) is 13.2 Å². The van der Waals surface area contributed by atoms with E-state index in [1.165, 1.54) is 12.8 Å². The van der Waals surface area contributed by atoms with Crippen molar-refractivity contribution in [1.29, 1.82) is 0 Å². The highest BCUT2D eigenvalue weighted by atomic mass is 16.5. The van der Waals surface area contributed by atoms with E-state index in [9.17, 15) is 0 Å². The largest absolute Gasteiger partial charge is 0.381 e. The standard InChI is InChI=1S/C17H36N4O2/c1-4-5-10-21(3)11-9-20-17(18-2)19-8-6-12-22-14-16-7-13-23-15-16/h16H,4-15H2,1-3H3,(H2,18,19,20). The smallest absolute Gasteiger partial charge is 0.191 e. The van der Waals surface area contributed by atoms with Crippen molar-refractivity contribution in [2.24, 2.45) is 10.9 Å². The molecular formula is C17H36N4O2. The van der Waals surface area contributed by atoms with Crippen LogP contribution >= 0.6 is 0 Å². The monoisotopic (exact) mass is 328 g/mol. The first-order valence-corrected chi connectivity index (χ1v) is 9.04. The summed E-state index contributed by atoms with van der Waals surface area (Å²) in [5.74, 6) is 1.47. The van der Waals surface area contributed by atoms with Gasteiger partial charge in [-0.1, -0.05) is 13.3 Å². The maximum atomic E-state index is 5.70. The second kappa shape index (κ2) is 13.6. The summed E-state index contributed by atoms with van der Waals surface area (Å²) in [6.45, 7) is 9.60. The highest BCUT2D eigenvalue weighted by molar-refractivity contribution is 5.79. The zero-order valence-electron chi connectivity index (χ0n) is 15.3. The van der Waals surface area contributed by atoms with Crippen molar-refractivity contribution in [1.82, 2.24) is 15.5 Å². The molecule has 1 unspecified atom stereocenters. The van der Waals surface area contributed by atoms with Gasteiger partial charge in [0.1, 0.15) is 0 Å². The molecule has 1 atom stereocenters. The van der Waals surface area contributed by atoms with Crippen LogP contribution in [0.3, 0.4) is 0 Å². The van der Waals surface area contributed by atoms with Gasteiger partial charge in [-0.15, -0.1) is 0 Å². The fourth-order valence-corrected chi connectivity index (χ4v) is 2.47. The van der Waals surface area contributed by atoms with Gasteiger partial charge < -0.3 is 25.0 Å². The highest BCUT2D eigenvalue weighted by Crippen LogP contribution is 2.12. The predicted molar refractivity (Wildman–Crippen MR) is 96.1 cm³/mol. The lowest BCUT2D eigenvalue weighted by atomic mass is 10.1.